The van der Waals surface area contributed by atoms with Crippen LogP contribution in [0.25, 0.3) is 22.5 Å². The molecule has 0 radical (unpaired) electrons. The number of alkyl halides is 3. The van der Waals surface area contributed by atoms with Gasteiger partial charge in [0, 0.05) is 24.6 Å². The predicted molar refractivity (Wildman–Crippen MR) is 158 cm³/mol. The summed E-state index contributed by atoms with van der Waals surface area (Å²) < 4.78 is 39.4. The lowest BCUT2D eigenvalue weighted by molar-refractivity contribution is -0.135. The number of rotatable bonds is 10. The van der Waals surface area contributed by atoms with Gasteiger partial charge in [0.2, 0.25) is 5.91 Å². The standard InChI is InChI=1S/C32H32F3N7O/c33-32(34,35)17-6-18-42(25-7-2-1-3-8-25)29-16-15-24(26-9-4-5-10-27(26)31-38-40-41-39-31)20-28(29)37-30(43)19-22-11-13-23(21-36)14-12-22/h4-5,9-16,20,25H,1-3,6-8,17-19H2,(H,37,43)(H,38,39,40,41). The van der Waals surface area contributed by atoms with Gasteiger partial charge < -0.3 is 10.2 Å². The van der Waals surface area contributed by atoms with E-state index < -0.39 is 12.6 Å². The molecule has 1 aliphatic rings. The number of halogens is 3. The van der Waals surface area contributed by atoms with E-state index in [1.165, 1.54) is 0 Å². The quantitative estimate of drug-likeness (QED) is 0.205. The topological polar surface area (TPSA) is 111 Å². The van der Waals surface area contributed by atoms with Gasteiger partial charge in [-0.25, -0.2) is 5.10 Å². The van der Waals surface area contributed by atoms with Crippen molar-refractivity contribution in [3.8, 4) is 28.6 Å². The molecule has 0 atom stereocenters. The van der Waals surface area contributed by atoms with Crippen LogP contribution < -0.4 is 10.2 Å². The van der Waals surface area contributed by atoms with Gasteiger partial charge in [-0.05, 0) is 70.6 Å². The van der Waals surface area contributed by atoms with E-state index in [2.05, 4.69) is 36.9 Å². The molecule has 11 heteroatoms. The van der Waals surface area contributed by atoms with Crippen molar-refractivity contribution < 1.29 is 18.0 Å². The van der Waals surface area contributed by atoms with E-state index >= 15 is 0 Å². The van der Waals surface area contributed by atoms with Crippen molar-refractivity contribution in [3.05, 3.63) is 77.9 Å². The van der Waals surface area contributed by atoms with Crippen LogP contribution in [-0.4, -0.2) is 45.3 Å². The first-order valence-corrected chi connectivity index (χ1v) is 14.4. The molecule has 222 valence electrons. The third-order valence-electron chi connectivity index (χ3n) is 7.74. The molecular weight excluding hydrogens is 555 g/mol. The van der Waals surface area contributed by atoms with Crippen LogP contribution in [-0.2, 0) is 11.2 Å². The van der Waals surface area contributed by atoms with Gasteiger partial charge in [0.25, 0.3) is 0 Å². The minimum atomic E-state index is -4.24. The van der Waals surface area contributed by atoms with Gasteiger partial charge in [0.1, 0.15) is 0 Å². The van der Waals surface area contributed by atoms with Crippen LogP contribution in [0.4, 0.5) is 24.5 Å². The molecule has 1 aromatic heterocycles. The summed E-state index contributed by atoms with van der Waals surface area (Å²) in [7, 11) is 0. The minimum Gasteiger partial charge on any atom is -0.367 e. The summed E-state index contributed by atoms with van der Waals surface area (Å²) in [5, 5.41) is 26.4. The van der Waals surface area contributed by atoms with Crippen LogP contribution in [0, 0.1) is 11.3 Å². The molecule has 1 fully saturated rings. The Morgan fingerprint density at radius 3 is 2.44 bits per heavy atom. The number of nitrogens with one attached hydrogen (secondary N) is 2. The number of tetrazole rings is 1. The Kier molecular flexibility index (Phi) is 9.35. The van der Waals surface area contributed by atoms with Crippen LogP contribution in [0.5, 0.6) is 0 Å². The molecule has 0 unspecified atom stereocenters. The average Bonchev–Trinajstić information content (AvgIpc) is 3.55. The first kappa shape index (κ1) is 29.8. The van der Waals surface area contributed by atoms with E-state index in [0.29, 0.717) is 22.8 Å². The Balaban J connectivity index is 1.52. The van der Waals surface area contributed by atoms with Crippen molar-refractivity contribution in [1.82, 2.24) is 20.6 Å². The lowest BCUT2D eigenvalue weighted by Gasteiger charge is -2.37. The first-order chi connectivity index (χ1) is 20.8. The number of aromatic amines is 1. The molecule has 4 aromatic rings. The van der Waals surface area contributed by atoms with E-state index in [1.54, 1.807) is 24.3 Å². The summed E-state index contributed by atoms with van der Waals surface area (Å²) in [5.74, 6) is 0.219. The number of hydrogen-bond acceptors (Lipinski definition) is 6. The number of carbonyl (C=O) groups excluding carboxylic acids is 1. The van der Waals surface area contributed by atoms with Crippen LogP contribution in [0.15, 0.2) is 66.7 Å². The molecule has 1 aliphatic carbocycles. The van der Waals surface area contributed by atoms with Gasteiger partial charge in [-0.3, -0.25) is 4.79 Å². The smallest absolute Gasteiger partial charge is 0.367 e. The second kappa shape index (κ2) is 13.5. The van der Waals surface area contributed by atoms with E-state index in [0.717, 1.165) is 54.4 Å². The molecule has 0 saturated heterocycles. The molecule has 1 amide bonds. The van der Waals surface area contributed by atoms with Crippen molar-refractivity contribution in [2.45, 2.75) is 63.6 Å². The molecule has 8 nitrogen and oxygen atoms in total. The fourth-order valence-corrected chi connectivity index (χ4v) is 5.69. The maximum atomic E-state index is 13.4. The van der Waals surface area contributed by atoms with Gasteiger partial charge in [-0.15, -0.1) is 5.10 Å². The third kappa shape index (κ3) is 7.77. The SMILES string of the molecule is N#Cc1ccc(CC(=O)Nc2cc(-c3ccccc3-c3nnn[nH]3)ccc2N(CCCC(F)(F)F)C2CCCCC2)cc1. The Bertz CT molecular complexity index is 1560. The second-order valence-electron chi connectivity index (χ2n) is 10.8. The highest BCUT2D eigenvalue weighted by Gasteiger charge is 2.29. The Labute approximate surface area is 247 Å². The van der Waals surface area contributed by atoms with Crippen LogP contribution in [0.3, 0.4) is 0 Å². The van der Waals surface area contributed by atoms with Crippen molar-refractivity contribution in [1.29, 1.82) is 5.26 Å². The molecule has 5 rings (SSSR count). The number of benzene rings is 3. The average molecular weight is 588 g/mol. The third-order valence-corrected chi connectivity index (χ3v) is 7.74. The van der Waals surface area contributed by atoms with Crippen LogP contribution >= 0.6 is 0 Å². The van der Waals surface area contributed by atoms with Gasteiger partial charge in [0.05, 0.1) is 29.4 Å². The first-order valence-electron chi connectivity index (χ1n) is 14.4. The summed E-state index contributed by atoms with van der Waals surface area (Å²) in [5.41, 5.74) is 4.86. The second-order valence-corrected chi connectivity index (χ2v) is 10.8. The Hall–Kier alpha value is -4.72. The summed E-state index contributed by atoms with van der Waals surface area (Å²) in [6.07, 6.45) is -0.175. The zero-order valence-corrected chi connectivity index (χ0v) is 23.6. The van der Waals surface area contributed by atoms with E-state index in [1.807, 2.05) is 42.5 Å². The van der Waals surface area contributed by atoms with E-state index in [9.17, 15) is 18.0 Å². The molecule has 3 aromatic carbocycles. The number of nitrogens with zero attached hydrogens (tertiary/aromatic N) is 5. The minimum absolute atomic E-state index is 0.0400. The summed E-state index contributed by atoms with van der Waals surface area (Å²) in [4.78, 5) is 15.4. The van der Waals surface area contributed by atoms with Crippen molar-refractivity contribution in [2.75, 3.05) is 16.8 Å². The fourth-order valence-electron chi connectivity index (χ4n) is 5.69. The number of anilines is 2. The zero-order valence-electron chi connectivity index (χ0n) is 23.6. The lowest BCUT2D eigenvalue weighted by Crippen LogP contribution is -2.38. The lowest BCUT2D eigenvalue weighted by atomic mass is 9.92. The largest absolute Gasteiger partial charge is 0.389 e. The molecule has 0 aliphatic heterocycles. The Morgan fingerprint density at radius 1 is 1.02 bits per heavy atom. The summed E-state index contributed by atoms with van der Waals surface area (Å²) in [6, 6.07) is 22.2. The highest BCUT2D eigenvalue weighted by molar-refractivity contribution is 5.97. The fraction of sp³-hybridized carbons (Fsp3) is 0.344. The number of amides is 1. The van der Waals surface area contributed by atoms with Crippen molar-refractivity contribution in [3.63, 3.8) is 0 Å². The van der Waals surface area contributed by atoms with Crippen molar-refractivity contribution >= 4 is 17.3 Å². The molecule has 2 N–H and O–H groups in total. The van der Waals surface area contributed by atoms with Gasteiger partial charge in [-0.2, -0.15) is 18.4 Å². The molecule has 43 heavy (non-hydrogen) atoms. The van der Waals surface area contributed by atoms with Crippen LogP contribution in [0.2, 0.25) is 0 Å². The number of hydrogen-bond donors (Lipinski definition) is 2. The summed E-state index contributed by atoms with van der Waals surface area (Å²) >= 11 is 0. The molecule has 1 saturated carbocycles. The molecular formula is C32H32F3N7O. The predicted octanol–water partition coefficient (Wildman–Crippen LogP) is 7.07. The highest BCUT2D eigenvalue weighted by Crippen LogP contribution is 2.38. The monoisotopic (exact) mass is 587 g/mol. The number of carbonyl (C=O) groups is 1. The Morgan fingerprint density at radius 2 is 1.77 bits per heavy atom. The number of aromatic nitrogens is 4. The van der Waals surface area contributed by atoms with Gasteiger partial charge in [0.15, 0.2) is 5.82 Å². The van der Waals surface area contributed by atoms with Crippen LogP contribution in [0.1, 0.15) is 56.1 Å². The number of nitriles is 1. The normalized spacial score (nSPS) is 13.8. The highest BCUT2D eigenvalue weighted by atomic mass is 19.4. The van der Waals surface area contributed by atoms with Crippen molar-refractivity contribution in [2.24, 2.45) is 0 Å². The molecule has 0 bridgehead atoms. The van der Waals surface area contributed by atoms with E-state index in [-0.39, 0.29) is 31.3 Å². The van der Waals surface area contributed by atoms with Gasteiger partial charge in [-0.1, -0.05) is 61.7 Å². The van der Waals surface area contributed by atoms with Gasteiger partial charge >= 0.3 is 6.18 Å². The number of H-pyrrole nitrogens is 1. The van der Waals surface area contributed by atoms with E-state index in [4.69, 9.17) is 5.26 Å². The molecule has 0 spiro atoms. The molecule has 1 heterocycles. The maximum absolute atomic E-state index is 13.4. The zero-order chi connectivity index (χ0) is 30.2. The maximum Gasteiger partial charge on any atom is 0.389 e. The summed E-state index contributed by atoms with van der Waals surface area (Å²) in [6.45, 7) is 0.225.